The van der Waals surface area contributed by atoms with Crippen molar-refractivity contribution in [2.45, 2.75) is 19.2 Å². The van der Waals surface area contributed by atoms with Gasteiger partial charge < -0.3 is 14.4 Å². The van der Waals surface area contributed by atoms with Crippen LogP contribution in [0.1, 0.15) is 33.1 Å². The molecule has 1 atom stereocenters. The lowest BCUT2D eigenvalue weighted by molar-refractivity contribution is -0.146. The quantitative estimate of drug-likeness (QED) is 0.336. The van der Waals surface area contributed by atoms with Gasteiger partial charge in [0.2, 0.25) is 0 Å². The molecule has 7 heteroatoms. The van der Waals surface area contributed by atoms with E-state index >= 15 is 0 Å². The third kappa shape index (κ3) is 4.27. The topological polar surface area (TPSA) is 55.8 Å². The zero-order valence-corrected chi connectivity index (χ0v) is 18.8. The van der Waals surface area contributed by atoms with Crippen LogP contribution in [-0.2, 0) is 22.7 Å². The van der Waals surface area contributed by atoms with Gasteiger partial charge in [-0.2, -0.15) is 0 Å². The predicted molar refractivity (Wildman–Crippen MR) is 121 cm³/mol. The Morgan fingerprint density at radius 2 is 1.90 bits per heavy atom. The first-order chi connectivity index (χ1) is 15.0. The van der Waals surface area contributed by atoms with E-state index in [0.717, 1.165) is 14.7 Å². The van der Waals surface area contributed by atoms with Gasteiger partial charge in [-0.05, 0) is 58.0 Å². The van der Waals surface area contributed by atoms with Gasteiger partial charge in [-0.1, -0.05) is 42.5 Å². The molecule has 1 aliphatic heterocycles. The summed E-state index contributed by atoms with van der Waals surface area (Å²) >= 11 is 2.10. The molecule has 0 fully saturated rings. The Morgan fingerprint density at radius 1 is 1.13 bits per heavy atom. The Hall–Kier alpha value is -2.94. The van der Waals surface area contributed by atoms with Crippen LogP contribution in [0.25, 0.3) is 0 Å². The first-order valence-electron chi connectivity index (χ1n) is 9.62. The Morgan fingerprint density at radius 3 is 2.61 bits per heavy atom. The second kappa shape index (κ2) is 9.05. The molecule has 0 aromatic heterocycles. The lowest BCUT2D eigenvalue weighted by atomic mass is 10.0. The Bertz CT molecular complexity index is 1140. The summed E-state index contributed by atoms with van der Waals surface area (Å²) < 4.78 is 26.0. The Kier molecular flexibility index (Phi) is 6.22. The fourth-order valence-electron chi connectivity index (χ4n) is 3.68. The highest BCUT2D eigenvalue weighted by Crippen LogP contribution is 2.38. The van der Waals surface area contributed by atoms with Gasteiger partial charge in [0.1, 0.15) is 18.2 Å². The van der Waals surface area contributed by atoms with Crippen LogP contribution in [0.3, 0.4) is 0 Å². The van der Waals surface area contributed by atoms with E-state index in [1.54, 1.807) is 0 Å². The smallest absolute Gasteiger partial charge is 0.333 e. The minimum atomic E-state index is -1.14. The summed E-state index contributed by atoms with van der Waals surface area (Å²) in [4.78, 5) is 27.4. The number of fused-ring (bicyclic) bond motifs is 1. The third-order valence-electron chi connectivity index (χ3n) is 5.16. The summed E-state index contributed by atoms with van der Waals surface area (Å²) in [6.07, 6.45) is 0. The van der Waals surface area contributed by atoms with Crippen molar-refractivity contribution in [1.82, 2.24) is 4.90 Å². The van der Waals surface area contributed by atoms with Gasteiger partial charge in [0.25, 0.3) is 5.91 Å². The molecular weight excluding hydrogens is 512 g/mol. The maximum Gasteiger partial charge on any atom is 0.333 e. The van der Waals surface area contributed by atoms with E-state index in [1.165, 1.54) is 30.2 Å². The second-order valence-electron chi connectivity index (χ2n) is 7.09. The number of hydrogen-bond acceptors (Lipinski definition) is 4. The summed E-state index contributed by atoms with van der Waals surface area (Å²) in [5, 5.41) is 0. The van der Waals surface area contributed by atoms with Crippen molar-refractivity contribution >= 4 is 34.5 Å². The second-order valence-corrected chi connectivity index (χ2v) is 8.25. The number of hydrogen-bond donors (Lipinski definition) is 0. The number of esters is 1. The molecule has 3 aromatic carbocycles. The largest absolute Gasteiger partial charge is 0.489 e. The summed E-state index contributed by atoms with van der Waals surface area (Å²) in [5.41, 5.74) is 2.54. The van der Waals surface area contributed by atoms with E-state index in [4.69, 9.17) is 9.47 Å². The maximum absolute atomic E-state index is 14.2. The van der Waals surface area contributed by atoms with Crippen LogP contribution in [0, 0.1) is 9.39 Å². The van der Waals surface area contributed by atoms with Gasteiger partial charge in [0.05, 0.1) is 12.7 Å². The molecule has 0 aliphatic carbocycles. The van der Waals surface area contributed by atoms with Crippen molar-refractivity contribution in [2.24, 2.45) is 0 Å². The summed E-state index contributed by atoms with van der Waals surface area (Å²) in [6.45, 7) is 0.457. The number of nitrogens with zero attached hydrogens (tertiary/aromatic N) is 1. The van der Waals surface area contributed by atoms with Crippen LogP contribution in [0.2, 0.25) is 0 Å². The molecule has 0 N–H and O–H groups in total. The first kappa shape index (κ1) is 21.3. The number of carbonyl (C=O) groups excluding carboxylic acids is 2. The number of carbonyl (C=O) groups is 2. The van der Waals surface area contributed by atoms with Crippen molar-refractivity contribution in [3.63, 3.8) is 0 Å². The fraction of sp³-hybridized carbons (Fsp3) is 0.167. The summed E-state index contributed by atoms with van der Waals surface area (Å²) in [6, 6.07) is 17.9. The van der Waals surface area contributed by atoms with E-state index in [1.807, 2.05) is 48.5 Å². The number of methoxy groups -OCH3 is 1. The molecule has 0 saturated heterocycles. The highest BCUT2D eigenvalue weighted by molar-refractivity contribution is 14.1. The standard InChI is InChI=1S/C24H19FINO4/c1-30-24(29)22(27-13-16-8-5-9-19(26)21(16)23(27)28)18-12-17(25)10-11-20(18)31-14-15-6-3-2-4-7-15/h2-12,22H,13-14H2,1H3. The van der Waals surface area contributed by atoms with Crippen molar-refractivity contribution < 1.29 is 23.5 Å². The van der Waals surface area contributed by atoms with E-state index in [0.29, 0.717) is 11.3 Å². The van der Waals surface area contributed by atoms with Crippen LogP contribution >= 0.6 is 22.6 Å². The lowest BCUT2D eigenvalue weighted by Gasteiger charge is -2.27. The average molecular weight is 531 g/mol. The van der Waals surface area contributed by atoms with E-state index in [-0.39, 0.29) is 24.6 Å². The van der Waals surface area contributed by atoms with Crippen molar-refractivity contribution in [3.05, 3.63) is 98.4 Å². The van der Waals surface area contributed by atoms with Gasteiger partial charge in [-0.25, -0.2) is 9.18 Å². The molecule has 1 heterocycles. The number of rotatable bonds is 6. The summed E-state index contributed by atoms with van der Waals surface area (Å²) in [5.74, 6) is -1.17. The normalized spacial score (nSPS) is 13.6. The molecule has 0 spiro atoms. The molecule has 1 aliphatic rings. The molecule has 0 radical (unpaired) electrons. The number of ether oxygens (including phenoxy) is 2. The van der Waals surface area contributed by atoms with Crippen LogP contribution < -0.4 is 4.74 Å². The molecule has 31 heavy (non-hydrogen) atoms. The van der Waals surface area contributed by atoms with Gasteiger partial charge in [0.15, 0.2) is 6.04 Å². The third-order valence-corrected chi connectivity index (χ3v) is 6.05. The highest BCUT2D eigenvalue weighted by Gasteiger charge is 2.40. The maximum atomic E-state index is 14.2. The minimum Gasteiger partial charge on any atom is -0.489 e. The highest BCUT2D eigenvalue weighted by atomic mass is 127. The molecule has 0 bridgehead atoms. The number of amides is 1. The first-order valence-corrected chi connectivity index (χ1v) is 10.7. The molecule has 3 aromatic rings. The molecule has 5 nitrogen and oxygen atoms in total. The fourth-order valence-corrected chi connectivity index (χ4v) is 4.47. The van der Waals surface area contributed by atoms with Gasteiger partial charge >= 0.3 is 5.97 Å². The van der Waals surface area contributed by atoms with Crippen molar-refractivity contribution in [2.75, 3.05) is 7.11 Å². The zero-order chi connectivity index (χ0) is 22.0. The van der Waals surface area contributed by atoms with Crippen molar-refractivity contribution in [1.29, 1.82) is 0 Å². The van der Waals surface area contributed by atoms with Crippen LogP contribution in [0.5, 0.6) is 5.75 Å². The van der Waals surface area contributed by atoms with Crippen LogP contribution in [-0.4, -0.2) is 23.9 Å². The predicted octanol–water partition coefficient (Wildman–Crippen LogP) is 4.88. The molecule has 158 valence electrons. The molecule has 1 unspecified atom stereocenters. The zero-order valence-electron chi connectivity index (χ0n) is 16.7. The number of halogens is 2. The monoisotopic (exact) mass is 531 g/mol. The van der Waals surface area contributed by atoms with Crippen LogP contribution in [0.15, 0.2) is 66.7 Å². The van der Waals surface area contributed by atoms with E-state index in [2.05, 4.69) is 22.6 Å². The molecular formula is C24H19FINO4. The van der Waals surface area contributed by atoms with Gasteiger partial charge in [-0.15, -0.1) is 0 Å². The Labute approximate surface area is 192 Å². The molecule has 1 amide bonds. The SMILES string of the molecule is COC(=O)C(c1cc(F)ccc1OCc1ccccc1)N1Cc2cccc(I)c2C1=O. The molecule has 4 rings (SSSR count). The number of benzene rings is 3. The van der Waals surface area contributed by atoms with Crippen LogP contribution in [0.4, 0.5) is 4.39 Å². The van der Waals surface area contributed by atoms with E-state index in [9.17, 15) is 14.0 Å². The van der Waals surface area contributed by atoms with Crippen molar-refractivity contribution in [3.8, 4) is 5.75 Å². The summed E-state index contributed by atoms with van der Waals surface area (Å²) in [7, 11) is 1.25. The lowest BCUT2D eigenvalue weighted by Crippen LogP contribution is -2.35. The Balaban J connectivity index is 1.72. The minimum absolute atomic E-state index is 0.222. The van der Waals surface area contributed by atoms with Gasteiger partial charge in [0, 0.05) is 15.7 Å². The molecule has 0 saturated carbocycles. The average Bonchev–Trinajstić information content (AvgIpc) is 3.11. The van der Waals surface area contributed by atoms with E-state index < -0.39 is 17.8 Å². The van der Waals surface area contributed by atoms with Gasteiger partial charge in [-0.3, -0.25) is 4.79 Å².